The third-order valence-electron chi connectivity index (χ3n) is 2.45. The molecule has 1 heterocycles. The first-order chi connectivity index (χ1) is 9.56. The molecule has 0 unspecified atom stereocenters. The molecule has 0 radical (unpaired) electrons. The maximum atomic E-state index is 5.60. The number of aromatic nitrogens is 3. The molecule has 1 rings (SSSR count). The molecule has 7 heteroatoms. The molecule has 1 aromatic rings. The van der Waals surface area contributed by atoms with Crippen molar-refractivity contribution in [1.82, 2.24) is 15.0 Å². The van der Waals surface area contributed by atoms with Gasteiger partial charge in [0.1, 0.15) is 0 Å². The van der Waals surface area contributed by atoms with Crippen LogP contribution in [0.2, 0.25) is 0 Å². The largest absolute Gasteiger partial charge is 0.461 e. The summed E-state index contributed by atoms with van der Waals surface area (Å²) in [7, 11) is 1.98. The molecule has 0 bridgehead atoms. The molecule has 0 aromatic carbocycles. The second-order valence-electron chi connectivity index (χ2n) is 4.75. The zero-order valence-corrected chi connectivity index (χ0v) is 13.8. The second kappa shape index (κ2) is 8.84. The van der Waals surface area contributed by atoms with Crippen LogP contribution < -0.4 is 15.0 Å². The Morgan fingerprint density at radius 1 is 1.30 bits per heavy atom. The predicted molar refractivity (Wildman–Crippen MR) is 86.0 cm³/mol. The fourth-order valence-corrected chi connectivity index (χ4v) is 1.88. The van der Waals surface area contributed by atoms with Gasteiger partial charge in [-0.1, -0.05) is 6.92 Å². The Morgan fingerprint density at radius 2 is 2.05 bits per heavy atom. The molecular formula is C13H25N5OS. The van der Waals surface area contributed by atoms with E-state index in [2.05, 4.69) is 33.4 Å². The van der Waals surface area contributed by atoms with Gasteiger partial charge in [-0.05, 0) is 26.5 Å². The van der Waals surface area contributed by atoms with Gasteiger partial charge in [0, 0.05) is 25.9 Å². The van der Waals surface area contributed by atoms with E-state index >= 15 is 0 Å². The Labute approximate surface area is 125 Å². The van der Waals surface area contributed by atoms with Crippen LogP contribution in [0, 0.1) is 0 Å². The first-order valence-corrected chi connectivity index (χ1v) is 8.32. The van der Waals surface area contributed by atoms with E-state index in [-0.39, 0.29) is 6.10 Å². The molecule has 1 aromatic heterocycles. The Hall–Kier alpha value is -1.24. The standard InChI is InChI=1S/C13H25N5OS/c1-6-7-14-11-15-12(18(4)8-9-20-5)17-13(16-11)19-10(2)3/h10H,6-9H2,1-5H3,(H,14,15,16,17). The summed E-state index contributed by atoms with van der Waals surface area (Å²) in [4.78, 5) is 15.1. The molecule has 0 aliphatic heterocycles. The topological polar surface area (TPSA) is 63.2 Å². The number of anilines is 2. The molecule has 1 N–H and O–H groups in total. The third-order valence-corrected chi connectivity index (χ3v) is 3.04. The number of nitrogens with one attached hydrogen (secondary N) is 1. The van der Waals surface area contributed by atoms with Gasteiger partial charge in [-0.15, -0.1) is 0 Å². The van der Waals surface area contributed by atoms with Crippen LogP contribution in [0.25, 0.3) is 0 Å². The molecule has 20 heavy (non-hydrogen) atoms. The Morgan fingerprint density at radius 3 is 2.65 bits per heavy atom. The van der Waals surface area contributed by atoms with Crippen molar-refractivity contribution in [2.45, 2.75) is 33.3 Å². The van der Waals surface area contributed by atoms with Crippen LogP contribution in [0.4, 0.5) is 11.9 Å². The van der Waals surface area contributed by atoms with Gasteiger partial charge in [-0.2, -0.15) is 26.7 Å². The maximum Gasteiger partial charge on any atom is 0.323 e. The highest BCUT2D eigenvalue weighted by atomic mass is 32.2. The summed E-state index contributed by atoms with van der Waals surface area (Å²) < 4.78 is 5.60. The van der Waals surface area contributed by atoms with Crippen LogP contribution in [0.1, 0.15) is 27.2 Å². The average Bonchev–Trinajstić information content (AvgIpc) is 2.41. The Kier molecular flexibility index (Phi) is 7.43. The van der Waals surface area contributed by atoms with Crippen molar-refractivity contribution in [2.24, 2.45) is 0 Å². The molecule has 6 nitrogen and oxygen atoms in total. The van der Waals surface area contributed by atoms with Gasteiger partial charge in [0.05, 0.1) is 6.10 Å². The molecule has 0 aliphatic carbocycles. The summed E-state index contributed by atoms with van der Waals surface area (Å²) in [5.41, 5.74) is 0. The lowest BCUT2D eigenvalue weighted by atomic mass is 10.5. The van der Waals surface area contributed by atoms with Crippen molar-refractivity contribution >= 4 is 23.7 Å². The number of hydrogen-bond donors (Lipinski definition) is 1. The van der Waals surface area contributed by atoms with Gasteiger partial charge >= 0.3 is 6.01 Å². The van der Waals surface area contributed by atoms with E-state index in [1.54, 1.807) is 11.8 Å². The van der Waals surface area contributed by atoms with Crippen LogP contribution in [0.5, 0.6) is 6.01 Å². The number of hydrogen-bond acceptors (Lipinski definition) is 7. The maximum absolute atomic E-state index is 5.60. The van der Waals surface area contributed by atoms with E-state index in [9.17, 15) is 0 Å². The van der Waals surface area contributed by atoms with Crippen molar-refractivity contribution in [3.63, 3.8) is 0 Å². The summed E-state index contributed by atoms with van der Waals surface area (Å²) in [6.07, 6.45) is 3.15. The highest BCUT2D eigenvalue weighted by molar-refractivity contribution is 7.98. The van der Waals surface area contributed by atoms with E-state index in [1.807, 2.05) is 25.8 Å². The van der Waals surface area contributed by atoms with Gasteiger partial charge < -0.3 is 15.0 Å². The predicted octanol–water partition coefficient (Wildman–Crippen LogP) is 2.28. The highest BCUT2D eigenvalue weighted by Gasteiger charge is 2.12. The lowest BCUT2D eigenvalue weighted by Gasteiger charge is -2.18. The fraction of sp³-hybridized carbons (Fsp3) is 0.769. The Balaban J connectivity index is 2.89. The first-order valence-electron chi connectivity index (χ1n) is 6.93. The Bertz CT molecular complexity index is 402. The zero-order chi connectivity index (χ0) is 15.0. The van der Waals surface area contributed by atoms with Crippen LogP contribution in [0.15, 0.2) is 0 Å². The molecule has 0 aliphatic rings. The fourth-order valence-electron chi connectivity index (χ4n) is 1.42. The quantitative estimate of drug-likeness (QED) is 0.750. The van der Waals surface area contributed by atoms with Gasteiger partial charge in [0.2, 0.25) is 11.9 Å². The van der Waals surface area contributed by atoms with Crippen molar-refractivity contribution in [3.05, 3.63) is 0 Å². The third kappa shape index (κ3) is 5.81. The minimum Gasteiger partial charge on any atom is -0.461 e. The molecule has 114 valence electrons. The van der Waals surface area contributed by atoms with Crippen LogP contribution in [-0.2, 0) is 0 Å². The van der Waals surface area contributed by atoms with Gasteiger partial charge in [0.25, 0.3) is 0 Å². The van der Waals surface area contributed by atoms with Gasteiger partial charge in [-0.3, -0.25) is 0 Å². The number of ether oxygens (including phenoxy) is 1. The second-order valence-corrected chi connectivity index (χ2v) is 5.73. The van der Waals surface area contributed by atoms with E-state index in [0.29, 0.717) is 17.9 Å². The lowest BCUT2D eigenvalue weighted by Crippen LogP contribution is -2.24. The summed E-state index contributed by atoms with van der Waals surface area (Å²) in [5.74, 6) is 2.24. The van der Waals surface area contributed by atoms with E-state index in [1.165, 1.54) is 0 Å². The smallest absolute Gasteiger partial charge is 0.323 e. The zero-order valence-electron chi connectivity index (χ0n) is 13.0. The van der Waals surface area contributed by atoms with Crippen molar-refractivity contribution in [2.75, 3.05) is 42.4 Å². The van der Waals surface area contributed by atoms with Gasteiger partial charge in [-0.25, -0.2) is 0 Å². The van der Waals surface area contributed by atoms with E-state index in [0.717, 1.165) is 25.3 Å². The molecule has 0 spiro atoms. The van der Waals surface area contributed by atoms with Gasteiger partial charge in [0.15, 0.2) is 0 Å². The average molecular weight is 299 g/mol. The molecule has 0 saturated carbocycles. The summed E-state index contributed by atoms with van der Waals surface area (Å²) in [5, 5.41) is 3.19. The molecule has 0 amide bonds. The molecule has 0 fully saturated rings. The number of nitrogens with zero attached hydrogens (tertiary/aromatic N) is 4. The highest BCUT2D eigenvalue weighted by Crippen LogP contribution is 2.15. The van der Waals surface area contributed by atoms with Crippen LogP contribution in [-0.4, -0.2) is 53.2 Å². The normalized spacial score (nSPS) is 10.7. The van der Waals surface area contributed by atoms with Crippen LogP contribution >= 0.6 is 11.8 Å². The minimum atomic E-state index is 0.0424. The van der Waals surface area contributed by atoms with E-state index < -0.39 is 0 Å². The minimum absolute atomic E-state index is 0.0424. The number of rotatable bonds is 9. The van der Waals surface area contributed by atoms with Crippen molar-refractivity contribution < 1.29 is 4.74 Å². The SMILES string of the molecule is CCCNc1nc(OC(C)C)nc(N(C)CCSC)n1. The monoisotopic (exact) mass is 299 g/mol. The first kappa shape index (κ1) is 16.8. The van der Waals surface area contributed by atoms with Crippen LogP contribution in [0.3, 0.4) is 0 Å². The number of thioether (sulfide) groups is 1. The lowest BCUT2D eigenvalue weighted by molar-refractivity contribution is 0.222. The van der Waals surface area contributed by atoms with Crippen molar-refractivity contribution in [3.8, 4) is 6.01 Å². The van der Waals surface area contributed by atoms with Crippen molar-refractivity contribution in [1.29, 1.82) is 0 Å². The summed E-state index contributed by atoms with van der Waals surface area (Å²) in [6, 6.07) is 0.375. The van der Waals surface area contributed by atoms with E-state index in [4.69, 9.17) is 4.74 Å². The summed E-state index contributed by atoms with van der Waals surface area (Å²) in [6.45, 7) is 7.74. The molecule has 0 atom stereocenters. The molecular weight excluding hydrogens is 274 g/mol. The summed E-state index contributed by atoms with van der Waals surface area (Å²) >= 11 is 1.80. The molecule has 0 saturated heterocycles.